The second-order valence-corrected chi connectivity index (χ2v) is 8.90. The molecule has 0 aliphatic carbocycles. The molecular weight excluding hydrogens is 428 g/mol. The van der Waals surface area contributed by atoms with E-state index < -0.39 is 16.0 Å². The molecule has 0 aliphatic heterocycles. The molecule has 7 nitrogen and oxygen atoms in total. The minimum Gasteiger partial charge on any atom is -0.465 e. The molecule has 0 aliphatic rings. The molecule has 32 heavy (non-hydrogen) atoms. The molecule has 0 saturated carbocycles. The van der Waals surface area contributed by atoms with Crippen LogP contribution in [0.4, 0.5) is 5.69 Å². The molecule has 8 heteroatoms. The van der Waals surface area contributed by atoms with Crippen LogP contribution >= 0.6 is 0 Å². The number of hydrogen-bond acceptors (Lipinski definition) is 5. The van der Waals surface area contributed by atoms with E-state index in [2.05, 4.69) is 4.72 Å². The zero-order valence-corrected chi connectivity index (χ0v) is 18.2. The Morgan fingerprint density at radius 3 is 2.22 bits per heavy atom. The molecule has 4 rings (SSSR count). The third-order valence-corrected chi connectivity index (χ3v) is 6.45. The third kappa shape index (κ3) is 4.00. The van der Waals surface area contributed by atoms with Crippen molar-refractivity contribution in [2.75, 3.05) is 11.8 Å². The third-order valence-electron chi connectivity index (χ3n) is 5.05. The van der Waals surface area contributed by atoms with E-state index in [4.69, 9.17) is 4.74 Å². The number of aryl methyl sites for hydroxylation is 1. The lowest BCUT2D eigenvalue weighted by molar-refractivity contribution is 0.0603. The molecule has 1 aromatic heterocycles. The van der Waals surface area contributed by atoms with Crippen molar-refractivity contribution in [3.05, 3.63) is 95.7 Å². The number of nitrogens with zero attached hydrogens (tertiary/aromatic N) is 1. The predicted octanol–water partition coefficient (Wildman–Crippen LogP) is 4.23. The van der Waals surface area contributed by atoms with Crippen LogP contribution in [0.25, 0.3) is 10.9 Å². The molecule has 1 heterocycles. The summed E-state index contributed by atoms with van der Waals surface area (Å²) in [6.45, 7) is 1.88. The van der Waals surface area contributed by atoms with Crippen molar-refractivity contribution in [2.24, 2.45) is 0 Å². The van der Waals surface area contributed by atoms with Crippen molar-refractivity contribution in [3.63, 3.8) is 0 Å². The smallest absolute Gasteiger partial charge is 0.340 e. The lowest BCUT2D eigenvalue weighted by Gasteiger charge is -2.09. The fraction of sp³-hybridized carbons (Fsp3) is 0.0833. The van der Waals surface area contributed by atoms with Crippen molar-refractivity contribution in [1.29, 1.82) is 0 Å². The van der Waals surface area contributed by atoms with Crippen LogP contribution < -0.4 is 4.72 Å². The Morgan fingerprint density at radius 1 is 0.906 bits per heavy atom. The topological polar surface area (TPSA) is 94.5 Å². The first-order chi connectivity index (χ1) is 15.3. The van der Waals surface area contributed by atoms with Crippen LogP contribution in [0.1, 0.15) is 26.3 Å². The van der Waals surface area contributed by atoms with E-state index in [0.29, 0.717) is 27.7 Å². The minimum absolute atomic E-state index is 0.150. The van der Waals surface area contributed by atoms with Crippen LogP contribution in [0.15, 0.2) is 83.9 Å². The van der Waals surface area contributed by atoms with Gasteiger partial charge < -0.3 is 4.74 Å². The first kappa shape index (κ1) is 21.3. The fourth-order valence-corrected chi connectivity index (χ4v) is 4.43. The first-order valence-corrected chi connectivity index (χ1v) is 11.2. The number of carbonyl (C=O) groups excluding carboxylic acids is 2. The Kier molecular flexibility index (Phi) is 5.54. The Hall–Kier alpha value is -3.91. The molecule has 4 aromatic rings. The van der Waals surface area contributed by atoms with Crippen molar-refractivity contribution in [2.45, 2.75) is 11.8 Å². The maximum atomic E-state index is 13.1. The average Bonchev–Trinajstić information content (AvgIpc) is 3.18. The Labute approximate surface area is 185 Å². The van der Waals surface area contributed by atoms with E-state index in [1.54, 1.807) is 36.4 Å². The number of fused-ring (bicyclic) bond motifs is 1. The highest BCUT2D eigenvalue weighted by Gasteiger charge is 2.20. The van der Waals surface area contributed by atoms with Crippen molar-refractivity contribution in [1.82, 2.24) is 4.57 Å². The highest BCUT2D eigenvalue weighted by atomic mass is 32.2. The van der Waals surface area contributed by atoms with Crippen LogP contribution in [-0.2, 0) is 14.8 Å². The SMILES string of the molecule is COC(=O)c1cn(C(=O)c2ccc(NS(=O)(=O)c3ccc(C)cc3)cc2)c2ccccc12. The van der Waals surface area contributed by atoms with Crippen molar-refractivity contribution < 1.29 is 22.7 Å². The van der Waals surface area contributed by atoms with Gasteiger partial charge in [0.1, 0.15) is 0 Å². The van der Waals surface area contributed by atoms with Gasteiger partial charge in [0.25, 0.3) is 15.9 Å². The molecular formula is C24H20N2O5S. The monoisotopic (exact) mass is 448 g/mol. The maximum absolute atomic E-state index is 13.1. The van der Waals surface area contributed by atoms with Gasteiger partial charge in [-0.2, -0.15) is 0 Å². The number of anilines is 1. The average molecular weight is 449 g/mol. The van der Waals surface area contributed by atoms with Crippen LogP contribution in [-0.4, -0.2) is 32.0 Å². The van der Waals surface area contributed by atoms with E-state index >= 15 is 0 Å². The van der Waals surface area contributed by atoms with Gasteiger partial charge >= 0.3 is 5.97 Å². The van der Waals surface area contributed by atoms with E-state index in [9.17, 15) is 18.0 Å². The molecule has 162 valence electrons. The van der Waals surface area contributed by atoms with Gasteiger partial charge in [-0.15, -0.1) is 0 Å². The molecule has 0 unspecified atom stereocenters. The first-order valence-electron chi connectivity index (χ1n) is 9.73. The van der Waals surface area contributed by atoms with E-state index in [-0.39, 0.29) is 10.8 Å². The normalized spacial score (nSPS) is 11.3. The Bertz CT molecular complexity index is 1420. The summed E-state index contributed by atoms with van der Waals surface area (Å²) < 4.78 is 33.8. The largest absolute Gasteiger partial charge is 0.465 e. The highest BCUT2D eigenvalue weighted by molar-refractivity contribution is 7.92. The van der Waals surface area contributed by atoms with Crippen LogP contribution in [0.2, 0.25) is 0 Å². The lowest BCUT2D eigenvalue weighted by Crippen LogP contribution is -2.14. The number of benzene rings is 3. The molecule has 3 aromatic carbocycles. The summed E-state index contributed by atoms with van der Waals surface area (Å²) in [6.07, 6.45) is 1.45. The Balaban J connectivity index is 1.62. The number of aromatic nitrogens is 1. The zero-order valence-electron chi connectivity index (χ0n) is 17.4. The van der Waals surface area contributed by atoms with E-state index in [1.165, 1.54) is 54.3 Å². The van der Waals surface area contributed by atoms with Gasteiger partial charge in [0.2, 0.25) is 0 Å². The highest BCUT2D eigenvalue weighted by Crippen LogP contribution is 2.24. The molecule has 0 atom stereocenters. The number of sulfonamides is 1. The molecule has 0 saturated heterocycles. The molecule has 0 amide bonds. The van der Waals surface area contributed by atoms with Gasteiger partial charge in [-0.1, -0.05) is 35.9 Å². The summed E-state index contributed by atoms with van der Waals surface area (Å²) in [5, 5.41) is 0.607. The summed E-state index contributed by atoms with van der Waals surface area (Å²) in [7, 11) is -2.46. The second kappa shape index (κ2) is 8.32. The number of esters is 1. The lowest BCUT2D eigenvalue weighted by atomic mass is 10.2. The number of methoxy groups -OCH3 is 1. The molecule has 0 bridgehead atoms. The van der Waals surface area contributed by atoms with Gasteiger partial charge in [0.15, 0.2) is 0 Å². The summed E-state index contributed by atoms with van der Waals surface area (Å²) in [4.78, 5) is 25.4. The molecule has 1 N–H and O–H groups in total. The number of rotatable bonds is 5. The summed E-state index contributed by atoms with van der Waals surface area (Å²) >= 11 is 0. The number of nitrogens with one attached hydrogen (secondary N) is 1. The van der Waals surface area contributed by atoms with Gasteiger partial charge in [-0.05, 0) is 49.4 Å². The van der Waals surface area contributed by atoms with Crippen molar-refractivity contribution in [3.8, 4) is 0 Å². The quantitative estimate of drug-likeness (QED) is 0.461. The second-order valence-electron chi connectivity index (χ2n) is 7.22. The summed E-state index contributed by atoms with van der Waals surface area (Å²) in [6, 6.07) is 19.6. The van der Waals surface area contributed by atoms with Gasteiger partial charge in [-0.3, -0.25) is 14.1 Å². The molecule has 0 fully saturated rings. The summed E-state index contributed by atoms with van der Waals surface area (Å²) in [5.41, 5.74) is 2.48. The number of ether oxygens (including phenoxy) is 1. The van der Waals surface area contributed by atoms with Crippen LogP contribution in [0.3, 0.4) is 0 Å². The summed E-state index contributed by atoms with van der Waals surface area (Å²) in [5.74, 6) is -0.891. The zero-order chi connectivity index (χ0) is 22.9. The van der Waals surface area contributed by atoms with E-state index in [0.717, 1.165) is 5.56 Å². The number of hydrogen-bond donors (Lipinski definition) is 1. The number of para-hydroxylation sites is 1. The molecule has 0 spiro atoms. The minimum atomic E-state index is -3.74. The fourth-order valence-electron chi connectivity index (χ4n) is 3.37. The van der Waals surface area contributed by atoms with Gasteiger partial charge in [0.05, 0.1) is 23.1 Å². The van der Waals surface area contributed by atoms with E-state index in [1.807, 2.05) is 6.92 Å². The standard InChI is InChI=1S/C24H20N2O5S/c1-16-7-13-19(14-8-16)32(29,30)25-18-11-9-17(10-12-18)23(27)26-15-21(24(28)31-2)20-5-3-4-6-22(20)26/h3-15,25H,1-2H3. The maximum Gasteiger partial charge on any atom is 0.340 e. The van der Waals surface area contributed by atoms with Gasteiger partial charge in [-0.25, -0.2) is 13.2 Å². The van der Waals surface area contributed by atoms with Crippen molar-refractivity contribution >= 4 is 38.5 Å². The molecule has 0 radical (unpaired) electrons. The number of carbonyl (C=O) groups is 2. The Morgan fingerprint density at radius 2 is 1.56 bits per heavy atom. The van der Waals surface area contributed by atoms with Crippen LogP contribution in [0, 0.1) is 6.92 Å². The predicted molar refractivity (Wildman–Crippen MR) is 121 cm³/mol. The van der Waals surface area contributed by atoms with Gasteiger partial charge in [0, 0.05) is 22.8 Å². The van der Waals surface area contributed by atoms with Crippen LogP contribution in [0.5, 0.6) is 0 Å².